The Morgan fingerprint density at radius 1 is 1.64 bits per heavy atom. The van der Waals surface area contributed by atoms with Gasteiger partial charge in [-0.2, -0.15) is 0 Å². The van der Waals surface area contributed by atoms with Crippen LogP contribution in [0.3, 0.4) is 0 Å². The molecule has 4 heteroatoms. The van der Waals surface area contributed by atoms with Gasteiger partial charge in [0.1, 0.15) is 0 Å². The van der Waals surface area contributed by atoms with Crippen molar-refractivity contribution in [3.8, 4) is 0 Å². The van der Waals surface area contributed by atoms with E-state index in [1.54, 1.807) is 11.8 Å². The Hall–Kier alpha value is -0.610. The summed E-state index contributed by atoms with van der Waals surface area (Å²) in [5.74, 6) is -0.0232. The van der Waals surface area contributed by atoms with E-state index in [0.717, 1.165) is 0 Å². The SMILES string of the molecule is C[C@H](N)C(=O)N1CCC(O)C(C)(C)C1. The van der Waals surface area contributed by atoms with Gasteiger partial charge in [0.05, 0.1) is 12.1 Å². The van der Waals surface area contributed by atoms with Crippen molar-refractivity contribution in [3.05, 3.63) is 0 Å². The molecular formula is C10H20N2O2. The monoisotopic (exact) mass is 200 g/mol. The van der Waals surface area contributed by atoms with Crippen molar-refractivity contribution in [2.75, 3.05) is 13.1 Å². The van der Waals surface area contributed by atoms with Gasteiger partial charge in [0.2, 0.25) is 5.91 Å². The van der Waals surface area contributed by atoms with Crippen LogP contribution >= 0.6 is 0 Å². The van der Waals surface area contributed by atoms with E-state index in [4.69, 9.17) is 5.73 Å². The summed E-state index contributed by atoms with van der Waals surface area (Å²) in [5, 5.41) is 9.71. The van der Waals surface area contributed by atoms with Crippen LogP contribution in [0, 0.1) is 5.41 Å². The molecule has 0 bridgehead atoms. The molecule has 1 saturated heterocycles. The van der Waals surface area contributed by atoms with E-state index in [1.807, 2.05) is 13.8 Å². The van der Waals surface area contributed by atoms with Crippen LogP contribution < -0.4 is 5.73 Å². The van der Waals surface area contributed by atoms with Gasteiger partial charge in [0.15, 0.2) is 0 Å². The largest absolute Gasteiger partial charge is 0.392 e. The van der Waals surface area contributed by atoms with Gasteiger partial charge in [-0.3, -0.25) is 4.79 Å². The number of carbonyl (C=O) groups is 1. The molecule has 1 unspecified atom stereocenters. The molecule has 0 saturated carbocycles. The number of hydrogen-bond donors (Lipinski definition) is 2. The fourth-order valence-electron chi connectivity index (χ4n) is 1.82. The van der Waals surface area contributed by atoms with E-state index in [0.29, 0.717) is 19.5 Å². The third kappa shape index (κ3) is 2.25. The number of nitrogens with two attached hydrogens (primary N) is 1. The standard InChI is InChI=1S/C10H20N2O2/c1-7(11)9(14)12-5-4-8(13)10(2,3)6-12/h7-8,13H,4-6,11H2,1-3H3/t7-,8?/m0/s1. The highest BCUT2D eigenvalue weighted by Gasteiger charge is 2.36. The molecule has 0 spiro atoms. The molecule has 0 aromatic carbocycles. The lowest BCUT2D eigenvalue weighted by Crippen LogP contribution is -2.53. The molecule has 1 aliphatic heterocycles. The Morgan fingerprint density at radius 3 is 2.64 bits per heavy atom. The van der Waals surface area contributed by atoms with Crippen LogP contribution in [0.1, 0.15) is 27.2 Å². The van der Waals surface area contributed by atoms with E-state index >= 15 is 0 Å². The molecule has 4 nitrogen and oxygen atoms in total. The van der Waals surface area contributed by atoms with Crippen LogP contribution in [0.5, 0.6) is 0 Å². The molecule has 1 aliphatic rings. The van der Waals surface area contributed by atoms with Crippen molar-refractivity contribution >= 4 is 5.91 Å². The molecular weight excluding hydrogens is 180 g/mol. The van der Waals surface area contributed by atoms with Gasteiger partial charge in [-0.15, -0.1) is 0 Å². The zero-order chi connectivity index (χ0) is 10.9. The van der Waals surface area contributed by atoms with Gasteiger partial charge < -0.3 is 15.7 Å². The minimum absolute atomic E-state index is 0.0232. The van der Waals surface area contributed by atoms with Crippen LogP contribution in [0.4, 0.5) is 0 Å². The summed E-state index contributed by atoms with van der Waals surface area (Å²) in [4.78, 5) is 13.4. The first-order chi connectivity index (χ1) is 6.34. The average Bonchev–Trinajstić information content (AvgIpc) is 2.08. The summed E-state index contributed by atoms with van der Waals surface area (Å²) in [5.41, 5.74) is 5.32. The van der Waals surface area contributed by atoms with E-state index in [9.17, 15) is 9.90 Å². The fourth-order valence-corrected chi connectivity index (χ4v) is 1.82. The lowest BCUT2D eigenvalue weighted by Gasteiger charge is -2.42. The second-order valence-corrected chi connectivity index (χ2v) is 4.84. The highest BCUT2D eigenvalue weighted by molar-refractivity contribution is 5.81. The number of carbonyl (C=O) groups excluding carboxylic acids is 1. The molecule has 0 aliphatic carbocycles. The number of aliphatic hydroxyl groups excluding tert-OH is 1. The molecule has 0 radical (unpaired) electrons. The topological polar surface area (TPSA) is 66.6 Å². The number of amides is 1. The van der Waals surface area contributed by atoms with Crippen LogP contribution in [-0.4, -0.2) is 41.1 Å². The van der Waals surface area contributed by atoms with Gasteiger partial charge in [-0.05, 0) is 13.3 Å². The van der Waals surface area contributed by atoms with Crippen LogP contribution in [0.25, 0.3) is 0 Å². The molecule has 1 fully saturated rings. The number of aliphatic hydroxyl groups is 1. The number of piperidine rings is 1. The molecule has 3 N–H and O–H groups in total. The lowest BCUT2D eigenvalue weighted by atomic mass is 9.81. The molecule has 1 heterocycles. The number of likely N-dealkylation sites (tertiary alicyclic amines) is 1. The lowest BCUT2D eigenvalue weighted by molar-refractivity contribution is -0.138. The molecule has 14 heavy (non-hydrogen) atoms. The van der Waals surface area contributed by atoms with Gasteiger partial charge >= 0.3 is 0 Å². The summed E-state index contributed by atoms with van der Waals surface area (Å²) in [6, 6.07) is -0.443. The molecule has 2 atom stereocenters. The second kappa shape index (κ2) is 3.87. The van der Waals surface area contributed by atoms with Crippen LogP contribution in [-0.2, 0) is 4.79 Å². The van der Waals surface area contributed by atoms with Gasteiger partial charge in [-0.25, -0.2) is 0 Å². The molecule has 0 aromatic rings. The van der Waals surface area contributed by atoms with Crippen LogP contribution in [0.15, 0.2) is 0 Å². The van der Waals surface area contributed by atoms with Crippen molar-refractivity contribution in [3.63, 3.8) is 0 Å². The zero-order valence-electron chi connectivity index (χ0n) is 9.16. The van der Waals surface area contributed by atoms with Crippen LogP contribution in [0.2, 0.25) is 0 Å². The van der Waals surface area contributed by atoms with Crippen molar-refractivity contribution in [1.82, 2.24) is 4.90 Å². The number of rotatable bonds is 1. The van der Waals surface area contributed by atoms with E-state index in [1.165, 1.54) is 0 Å². The quantitative estimate of drug-likeness (QED) is 0.624. The van der Waals surface area contributed by atoms with E-state index in [-0.39, 0.29) is 17.4 Å². The Balaban J connectivity index is 2.64. The predicted molar refractivity (Wildman–Crippen MR) is 54.6 cm³/mol. The highest BCUT2D eigenvalue weighted by Crippen LogP contribution is 2.29. The Morgan fingerprint density at radius 2 is 2.21 bits per heavy atom. The number of nitrogens with zero attached hydrogens (tertiary/aromatic N) is 1. The molecule has 1 rings (SSSR count). The molecule has 1 amide bonds. The van der Waals surface area contributed by atoms with Crippen molar-refractivity contribution in [2.45, 2.75) is 39.3 Å². The normalized spacial score (nSPS) is 28.6. The van der Waals surface area contributed by atoms with Crippen molar-refractivity contribution in [2.24, 2.45) is 11.1 Å². The van der Waals surface area contributed by atoms with E-state index < -0.39 is 6.04 Å². The Bertz CT molecular complexity index is 226. The maximum Gasteiger partial charge on any atom is 0.239 e. The van der Waals surface area contributed by atoms with Gasteiger partial charge in [0.25, 0.3) is 0 Å². The van der Waals surface area contributed by atoms with Crippen molar-refractivity contribution in [1.29, 1.82) is 0 Å². The first kappa shape index (κ1) is 11.5. The maximum absolute atomic E-state index is 11.6. The van der Waals surface area contributed by atoms with E-state index in [2.05, 4.69) is 0 Å². The highest BCUT2D eigenvalue weighted by atomic mass is 16.3. The van der Waals surface area contributed by atoms with Gasteiger partial charge in [0, 0.05) is 18.5 Å². The maximum atomic E-state index is 11.6. The third-order valence-electron chi connectivity index (χ3n) is 2.87. The Labute approximate surface area is 85.1 Å². The summed E-state index contributed by atoms with van der Waals surface area (Å²) < 4.78 is 0. The summed E-state index contributed by atoms with van der Waals surface area (Å²) >= 11 is 0. The molecule has 82 valence electrons. The average molecular weight is 200 g/mol. The number of hydrogen-bond acceptors (Lipinski definition) is 3. The Kier molecular flexibility index (Phi) is 3.17. The summed E-state index contributed by atoms with van der Waals surface area (Å²) in [7, 11) is 0. The predicted octanol–water partition coefficient (Wildman–Crippen LogP) is -0.0470. The summed E-state index contributed by atoms with van der Waals surface area (Å²) in [6.07, 6.45) is 0.325. The summed E-state index contributed by atoms with van der Waals surface area (Å²) in [6.45, 7) is 6.84. The smallest absolute Gasteiger partial charge is 0.239 e. The first-order valence-electron chi connectivity index (χ1n) is 5.07. The second-order valence-electron chi connectivity index (χ2n) is 4.84. The minimum Gasteiger partial charge on any atom is -0.392 e. The zero-order valence-corrected chi connectivity index (χ0v) is 9.16. The van der Waals surface area contributed by atoms with Crippen molar-refractivity contribution < 1.29 is 9.90 Å². The fraction of sp³-hybridized carbons (Fsp3) is 0.900. The van der Waals surface area contributed by atoms with Gasteiger partial charge in [-0.1, -0.05) is 13.8 Å². The third-order valence-corrected chi connectivity index (χ3v) is 2.87. The molecule has 0 aromatic heterocycles. The minimum atomic E-state index is -0.443. The first-order valence-corrected chi connectivity index (χ1v) is 5.07.